The molecule has 1 fully saturated rings. The summed E-state index contributed by atoms with van der Waals surface area (Å²) in [5, 5.41) is 2.93. The minimum atomic E-state index is -0.267. The van der Waals surface area contributed by atoms with Crippen molar-refractivity contribution in [1.29, 1.82) is 0 Å². The molecule has 0 radical (unpaired) electrons. The minimum absolute atomic E-state index is 0.0125. The lowest BCUT2D eigenvalue weighted by Gasteiger charge is -2.42. The maximum atomic E-state index is 12.4. The number of ether oxygens (including phenoxy) is 1. The van der Waals surface area contributed by atoms with Gasteiger partial charge in [0.15, 0.2) is 0 Å². The van der Waals surface area contributed by atoms with Crippen molar-refractivity contribution in [1.82, 2.24) is 9.88 Å². The standard InChI is InChI=1S/C13H19N3O2/c1-13(2)9-18-7-6-16(13)12(17)10-4-5-11(14-3)15-8-10/h4-5,8H,6-7,9H2,1-3H3,(H,14,15). The van der Waals surface area contributed by atoms with Crippen LogP contribution in [0.1, 0.15) is 24.2 Å². The Balaban J connectivity index is 2.19. The van der Waals surface area contributed by atoms with Crippen LogP contribution in [0.3, 0.4) is 0 Å². The SMILES string of the molecule is CNc1ccc(C(=O)N2CCOCC2(C)C)cn1. The van der Waals surface area contributed by atoms with Gasteiger partial charge in [0.1, 0.15) is 5.82 Å². The molecule has 0 atom stereocenters. The van der Waals surface area contributed by atoms with Crippen LogP contribution < -0.4 is 5.32 Å². The molecule has 1 aromatic rings. The molecule has 98 valence electrons. The summed E-state index contributed by atoms with van der Waals surface area (Å²) >= 11 is 0. The highest BCUT2D eigenvalue weighted by Crippen LogP contribution is 2.21. The van der Waals surface area contributed by atoms with Gasteiger partial charge in [0, 0.05) is 19.8 Å². The molecule has 18 heavy (non-hydrogen) atoms. The van der Waals surface area contributed by atoms with Crippen LogP contribution in [0.4, 0.5) is 5.82 Å². The van der Waals surface area contributed by atoms with Gasteiger partial charge >= 0.3 is 0 Å². The van der Waals surface area contributed by atoms with Crippen molar-refractivity contribution in [2.24, 2.45) is 0 Å². The number of nitrogens with zero attached hydrogens (tertiary/aromatic N) is 2. The second-order valence-electron chi connectivity index (χ2n) is 5.00. The van der Waals surface area contributed by atoms with Gasteiger partial charge in [0.2, 0.25) is 0 Å². The highest BCUT2D eigenvalue weighted by atomic mass is 16.5. The van der Waals surface area contributed by atoms with Crippen molar-refractivity contribution >= 4 is 11.7 Å². The molecule has 1 amide bonds. The number of aromatic nitrogens is 1. The van der Waals surface area contributed by atoms with Gasteiger partial charge in [-0.15, -0.1) is 0 Å². The van der Waals surface area contributed by atoms with E-state index < -0.39 is 0 Å². The molecule has 0 aliphatic carbocycles. The molecular weight excluding hydrogens is 230 g/mol. The predicted octanol–water partition coefficient (Wildman–Crippen LogP) is 1.37. The first-order chi connectivity index (χ1) is 8.54. The minimum Gasteiger partial charge on any atom is -0.377 e. The molecule has 0 aromatic carbocycles. The number of carbonyl (C=O) groups is 1. The second kappa shape index (κ2) is 4.94. The molecule has 1 saturated heterocycles. The number of carbonyl (C=O) groups excluding carboxylic acids is 1. The van der Waals surface area contributed by atoms with Crippen molar-refractivity contribution in [2.45, 2.75) is 19.4 Å². The Morgan fingerprint density at radius 3 is 2.83 bits per heavy atom. The van der Waals surface area contributed by atoms with E-state index >= 15 is 0 Å². The quantitative estimate of drug-likeness (QED) is 0.860. The molecule has 0 saturated carbocycles. The zero-order valence-electron chi connectivity index (χ0n) is 11.1. The number of hydrogen-bond donors (Lipinski definition) is 1. The van der Waals surface area contributed by atoms with E-state index in [4.69, 9.17) is 4.74 Å². The fourth-order valence-electron chi connectivity index (χ4n) is 2.06. The van der Waals surface area contributed by atoms with Gasteiger partial charge in [-0.3, -0.25) is 4.79 Å². The predicted molar refractivity (Wildman–Crippen MR) is 69.7 cm³/mol. The van der Waals surface area contributed by atoms with Crippen LogP contribution in [-0.2, 0) is 4.74 Å². The van der Waals surface area contributed by atoms with E-state index in [0.717, 1.165) is 5.82 Å². The fraction of sp³-hybridized carbons (Fsp3) is 0.538. The maximum absolute atomic E-state index is 12.4. The summed E-state index contributed by atoms with van der Waals surface area (Å²) in [4.78, 5) is 18.4. The van der Waals surface area contributed by atoms with E-state index in [9.17, 15) is 4.79 Å². The monoisotopic (exact) mass is 249 g/mol. The third-order valence-corrected chi connectivity index (χ3v) is 3.16. The van der Waals surface area contributed by atoms with Gasteiger partial charge in [-0.25, -0.2) is 4.98 Å². The molecule has 1 aliphatic rings. The van der Waals surface area contributed by atoms with Crippen LogP contribution in [0, 0.1) is 0 Å². The van der Waals surface area contributed by atoms with Crippen LogP contribution in [-0.4, -0.2) is 48.1 Å². The van der Waals surface area contributed by atoms with Crippen molar-refractivity contribution in [3.05, 3.63) is 23.9 Å². The lowest BCUT2D eigenvalue weighted by Crippen LogP contribution is -2.55. The Morgan fingerprint density at radius 1 is 1.50 bits per heavy atom. The van der Waals surface area contributed by atoms with Crippen molar-refractivity contribution in [2.75, 3.05) is 32.1 Å². The number of amides is 1. The summed E-state index contributed by atoms with van der Waals surface area (Å²) in [6, 6.07) is 3.60. The zero-order chi connectivity index (χ0) is 13.2. The normalized spacial score (nSPS) is 18.5. The molecule has 0 bridgehead atoms. The van der Waals surface area contributed by atoms with E-state index in [1.807, 2.05) is 18.7 Å². The van der Waals surface area contributed by atoms with E-state index in [2.05, 4.69) is 10.3 Å². The van der Waals surface area contributed by atoms with Crippen molar-refractivity contribution in [3.8, 4) is 0 Å². The molecule has 5 heteroatoms. The van der Waals surface area contributed by atoms with Crippen molar-refractivity contribution in [3.63, 3.8) is 0 Å². The molecule has 1 aromatic heterocycles. The van der Waals surface area contributed by atoms with Crippen LogP contribution in [0.25, 0.3) is 0 Å². The molecule has 1 N–H and O–H groups in total. The topological polar surface area (TPSA) is 54.5 Å². The van der Waals surface area contributed by atoms with Gasteiger partial charge in [-0.05, 0) is 26.0 Å². The molecule has 0 spiro atoms. The Labute approximate surface area is 107 Å². The molecule has 2 rings (SSSR count). The summed E-state index contributed by atoms with van der Waals surface area (Å²) in [5.74, 6) is 0.770. The summed E-state index contributed by atoms with van der Waals surface area (Å²) in [6.07, 6.45) is 1.61. The van der Waals surface area contributed by atoms with Crippen LogP contribution in [0.15, 0.2) is 18.3 Å². The summed E-state index contributed by atoms with van der Waals surface area (Å²) < 4.78 is 5.42. The number of hydrogen-bond acceptors (Lipinski definition) is 4. The smallest absolute Gasteiger partial charge is 0.256 e. The van der Waals surface area contributed by atoms with E-state index in [1.165, 1.54) is 0 Å². The van der Waals surface area contributed by atoms with E-state index in [1.54, 1.807) is 25.4 Å². The number of morpholine rings is 1. The Hall–Kier alpha value is -1.62. The lowest BCUT2D eigenvalue weighted by atomic mass is 10.0. The zero-order valence-corrected chi connectivity index (χ0v) is 11.1. The first kappa shape index (κ1) is 12.8. The number of nitrogens with one attached hydrogen (secondary N) is 1. The van der Waals surface area contributed by atoms with Gasteiger partial charge in [-0.1, -0.05) is 0 Å². The lowest BCUT2D eigenvalue weighted by molar-refractivity contribution is -0.0370. The van der Waals surface area contributed by atoms with Crippen LogP contribution >= 0.6 is 0 Å². The average molecular weight is 249 g/mol. The van der Waals surface area contributed by atoms with Gasteiger partial charge in [0.25, 0.3) is 5.91 Å². The maximum Gasteiger partial charge on any atom is 0.256 e. The third kappa shape index (κ3) is 2.46. The largest absolute Gasteiger partial charge is 0.377 e. The van der Waals surface area contributed by atoms with E-state index in [0.29, 0.717) is 25.3 Å². The summed E-state index contributed by atoms with van der Waals surface area (Å²) in [7, 11) is 1.80. The van der Waals surface area contributed by atoms with Gasteiger partial charge in [0.05, 0.1) is 24.3 Å². The number of anilines is 1. The second-order valence-corrected chi connectivity index (χ2v) is 5.00. The van der Waals surface area contributed by atoms with Crippen molar-refractivity contribution < 1.29 is 9.53 Å². The fourth-order valence-corrected chi connectivity index (χ4v) is 2.06. The number of pyridine rings is 1. The third-order valence-electron chi connectivity index (χ3n) is 3.16. The Morgan fingerprint density at radius 2 is 2.28 bits per heavy atom. The Bertz CT molecular complexity index is 428. The van der Waals surface area contributed by atoms with Gasteiger partial charge in [-0.2, -0.15) is 0 Å². The molecule has 0 unspecified atom stereocenters. The first-order valence-electron chi connectivity index (χ1n) is 6.08. The summed E-state index contributed by atoms with van der Waals surface area (Å²) in [5.41, 5.74) is 0.348. The molecule has 1 aliphatic heterocycles. The molecule has 5 nitrogen and oxygen atoms in total. The summed E-state index contributed by atoms with van der Waals surface area (Å²) in [6.45, 7) is 5.82. The van der Waals surface area contributed by atoms with Crippen LogP contribution in [0.5, 0.6) is 0 Å². The Kier molecular flexibility index (Phi) is 3.52. The van der Waals surface area contributed by atoms with E-state index in [-0.39, 0.29) is 11.4 Å². The first-order valence-corrected chi connectivity index (χ1v) is 6.08. The average Bonchev–Trinajstić information content (AvgIpc) is 2.37. The number of rotatable bonds is 2. The molecule has 2 heterocycles. The van der Waals surface area contributed by atoms with Crippen LogP contribution in [0.2, 0.25) is 0 Å². The molecular formula is C13H19N3O2. The van der Waals surface area contributed by atoms with Gasteiger partial charge < -0.3 is 15.0 Å². The highest BCUT2D eigenvalue weighted by molar-refractivity contribution is 5.94. The highest BCUT2D eigenvalue weighted by Gasteiger charge is 2.34.